The second kappa shape index (κ2) is 6.22. The van der Waals surface area contributed by atoms with Crippen molar-refractivity contribution >= 4 is 22.6 Å². The van der Waals surface area contributed by atoms with Crippen LogP contribution in [-0.2, 0) is 11.8 Å². The summed E-state index contributed by atoms with van der Waals surface area (Å²) in [5.41, 5.74) is 1.36. The van der Waals surface area contributed by atoms with Gasteiger partial charge in [-0.25, -0.2) is 9.78 Å². The summed E-state index contributed by atoms with van der Waals surface area (Å²) in [7, 11) is 0. The number of aromatic carboxylic acids is 1. The molecule has 112 valence electrons. The van der Waals surface area contributed by atoms with E-state index in [1.54, 1.807) is 12.1 Å². The molecule has 0 aliphatic carbocycles. The van der Waals surface area contributed by atoms with E-state index in [-0.39, 0.29) is 5.41 Å². The fourth-order valence-corrected chi connectivity index (χ4v) is 2.51. The van der Waals surface area contributed by atoms with Crippen LogP contribution in [0.4, 0.5) is 5.13 Å². The standard InChI is InChI=1S/C15H19N3O2S/c1-15(2,3)13-17-14(21-18-13)16-9-8-10-4-6-11(7-5-10)12(19)20/h4-7H,8-9H2,1-3H3,(H,19,20)(H,16,17,18). The lowest BCUT2D eigenvalue weighted by Gasteiger charge is -2.12. The largest absolute Gasteiger partial charge is 0.478 e. The van der Waals surface area contributed by atoms with Crippen molar-refractivity contribution in [2.45, 2.75) is 32.6 Å². The van der Waals surface area contributed by atoms with Gasteiger partial charge < -0.3 is 10.4 Å². The van der Waals surface area contributed by atoms with E-state index in [0.717, 1.165) is 29.5 Å². The number of carbonyl (C=O) groups is 1. The number of nitrogens with one attached hydrogen (secondary N) is 1. The predicted octanol–water partition coefficient (Wildman–Crippen LogP) is 3.19. The van der Waals surface area contributed by atoms with Crippen molar-refractivity contribution in [2.24, 2.45) is 0 Å². The lowest BCUT2D eigenvalue weighted by Crippen LogP contribution is -2.13. The Morgan fingerprint density at radius 1 is 1.29 bits per heavy atom. The van der Waals surface area contributed by atoms with Gasteiger partial charge in [-0.05, 0) is 24.1 Å². The highest BCUT2D eigenvalue weighted by molar-refractivity contribution is 7.09. The van der Waals surface area contributed by atoms with E-state index < -0.39 is 5.97 Å². The van der Waals surface area contributed by atoms with Crippen LogP contribution in [0.5, 0.6) is 0 Å². The van der Waals surface area contributed by atoms with Crippen molar-refractivity contribution in [2.75, 3.05) is 11.9 Å². The van der Waals surface area contributed by atoms with Crippen LogP contribution in [0.3, 0.4) is 0 Å². The Labute approximate surface area is 128 Å². The molecular formula is C15H19N3O2S. The Morgan fingerprint density at radius 2 is 1.95 bits per heavy atom. The monoisotopic (exact) mass is 305 g/mol. The molecule has 0 aliphatic rings. The van der Waals surface area contributed by atoms with Crippen molar-refractivity contribution in [1.82, 2.24) is 9.36 Å². The molecule has 2 rings (SSSR count). The lowest BCUT2D eigenvalue weighted by atomic mass is 9.96. The quantitative estimate of drug-likeness (QED) is 0.887. The Bertz CT molecular complexity index is 615. The summed E-state index contributed by atoms with van der Waals surface area (Å²) in [6.45, 7) is 7.00. The molecule has 0 unspecified atom stereocenters. The first-order valence-electron chi connectivity index (χ1n) is 6.76. The first-order chi connectivity index (χ1) is 9.86. The third-order valence-electron chi connectivity index (χ3n) is 2.99. The van der Waals surface area contributed by atoms with Gasteiger partial charge in [-0.1, -0.05) is 32.9 Å². The van der Waals surface area contributed by atoms with E-state index in [2.05, 4.69) is 35.4 Å². The minimum atomic E-state index is -0.900. The third-order valence-corrected chi connectivity index (χ3v) is 3.66. The summed E-state index contributed by atoms with van der Waals surface area (Å²) in [6, 6.07) is 6.93. The summed E-state index contributed by atoms with van der Waals surface area (Å²) in [6.07, 6.45) is 0.810. The number of carboxylic acid groups (broad SMARTS) is 1. The minimum Gasteiger partial charge on any atom is -0.478 e. The van der Waals surface area contributed by atoms with Crippen LogP contribution in [0.1, 0.15) is 42.5 Å². The van der Waals surface area contributed by atoms with Gasteiger partial charge in [0, 0.05) is 23.5 Å². The normalized spacial score (nSPS) is 11.4. The fraction of sp³-hybridized carbons (Fsp3) is 0.400. The van der Waals surface area contributed by atoms with Crippen LogP contribution in [-0.4, -0.2) is 27.0 Å². The van der Waals surface area contributed by atoms with Gasteiger partial charge >= 0.3 is 5.97 Å². The average Bonchev–Trinajstić information content (AvgIpc) is 2.88. The van der Waals surface area contributed by atoms with Gasteiger partial charge in [0.1, 0.15) is 5.82 Å². The van der Waals surface area contributed by atoms with Crippen LogP contribution in [0, 0.1) is 0 Å². The summed E-state index contributed by atoms with van der Waals surface area (Å²) < 4.78 is 4.35. The van der Waals surface area contributed by atoms with E-state index in [4.69, 9.17) is 5.11 Å². The van der Waals surface area contributed by atoms with E-state index >= 15 is 0 Å². The zero-order valence-corrected chi connectivity index (χ0v) is 13.2. The minimum absolute atomic E-state index is 0.0386. The van der Waals surface area contributed by atoms with Crippen molar-refractivity contribution in [1.29, 1.82) is 0 Å². The molecule has 0 saturated heterocycles. The molecule has 0 bridgehead atoms. The van der Waals surface area contributed by atoms with Crippen LogP contribution < -0.4 is 5.32 Å². The molecule has 5 nitrogen and oxygen atoms in total. The fourth-order valence-electron chi connectivity index (χ4n) is 1.73. The molecule has 0 amide bonds. The maximum absolute atomic E-state index is 10.8. The first-order valence-corrected chi connectivity index (χ1v) is 7.54. The molecule has 0 aliphatic heterocycles. The Hall–Kier alpha value is -1.95. The van der Waals surface area contributed by atoms with Crippen LogP contribution in [0.2, 0.25) is 0 Å². The average molecular weight is 305 g/mol. The van der Waals surface area contributed by atoms with Crippen molar-refractivity contribution in [3.05, 3.63) is 41.2 Å². The topological polar surface area (TPSA) is 75.1 Å². The van der Waals surface area contributed by atoms with Crippen LogP contribution in [0.15, 0.2) is 24.3 Å². The second-order valence-electron chi connectivity index (χ2n) is 5.85. The molecule has 1 heterocycles. The molecule has 2 N–H and O–H groups in total. The van der Waals surface area contributed by atoms with Gasteiger partial charge in [0.25, 0.3) is 0 Å². The van der Waals surface area contributed by atoms with Gasteiger partial charge in [0.05, 0.1) is 5.56 Å². The van der Waals surface area contributed by atoms with Crippen LogP contribution in [0.25, 0.3) is 0 Å². The summed E-state index contributed by atoms with van der Waals surface area (Å²) in [5, 5.41) is 12.9. The smallest absolute Gasteiger partial charge is 0.335 e. The Morgan fingerprint density at radius 3 is 2.48 bits per heavy atom. The highest BCUT2D eigenvalue weighted by Crippen LogP contribution is 2.22. The molecule has 0 radical (unpaired) electrons. The molecule has 0 saturated carbocycles. The van der Waals surface area contributed by atoms with Crippen molar-refractivity contribution < 1.29 is 9.90 Å². The number of hydrogen-bond donors (Lipinski definition) is 2. The lowest BCUT2D eigenvalue weighted by molar-refractivity contribution is 0.0697. The van der Waals surface area contributed by atoms with Crippen molar-refractivity contribution in [3.8, 4) is 0 Å². The van der Waals surface area contributed by atoms with Gasteiger partial charge in [-0.15, -0.1) is 0 Å². The molecule has 1 aromatic heterocycles. The number of aromatic nitrogens is 2. The van der Waals surface area contributed by atoms with E-state index in [9.17, 15) is 4.79 Å². The van der Waals surface area contributed by atoms with Crippen LogP contribution >= 0.6 is 11.5 Å². The number of nitrogens with zero attached hydrogens (tertiary/aromatic N) is 2. The predicted molar refractivity (Wildman–Crippen MR) is 84.2 cm³/mol. The van der Waals surface area contributed by atoms with Gasteiger partial charge in [0.15, 0.2) is 0 Å². The molecule has 0 atom stereocenters. The number of rotatable bonds is 5. The highest BCUT2D eigenvalue weighted by Gasteiger charge is 2.19. The Kier molecular flexibility index (Phi) is 4.57. The molecule has 21 heavy (non-hydrogen) atoms. The molecule has 0 fully saturated rings. The van der Waals surface area contributed by atoms with Gasteiger partial charge in [-0.2, -0.15) is 4.37 Å². The van der Waals surface area contributed by atoms with Gasteiger partial charge in [0.2, 0.25) is 5.13 Å². The second-order valence-corrected chi connectivity index (χ2v) is 6.60. The maximum atomic E-state index is 10.8. The van der Waals surface area contributed by atoms with Gasteiger partial charge in [-0.3, -0.25) is 0 Å². The maximum Gasteiger partial charge on any atom is 0.335 e. The number of anilines is 1. The van der Waals surface area contributed by atoms with E-state index in [1.807, 2.05) is 12.1 Å². The zero-order chi connectivity index (χ0) is 15.5. The number of carboxylic acids is 1. The SMILES string of the molecule is CC(C)(C)c1nsc(NCCc2ccc(C(=O)O)cc2)n1. The summed E-state index contributed by atoms with van der Waals surface area (Å²) >= 11 is 1.37. The third kappa shape index (κ3) is 4.26. The summed E-state index contributed by atoms with van der Waals surface area (Å²) in [5.74, 6) is -0.0518. The highest BCUT2D eigenvalue weighted by atomic mass is 32.1. The van der Waals surface area contributed by atoms with E-state index in [0.29, 0.717) is 5.56 Å². The summed E-state index contributed by atoms with van der Waals surface area (Å²) in [4.78, 5) is 15.2. The Balaban J connectivity index is 1.86. The van der Waals surface area contributed by atoms with Crippen molar-refractivity contribution in [3.63, 3.8) is 0 Å². The molecular weight excluding hydrogens is 286 g/mol. The number of hydrogen-bond acceptors (Lipinski definition) is 5. The van der Waals surface area contributed by atoms with E-state index in [1.165, 1.54) is 11.5 Å². The zero-order valence-electron chi connectivity index (χ0n) is 12.4. The number of benzene rings is 1. The molecule has 6 heteroatoms. The molecule has 1 aromatic carbocycles. The molecule has 0 spiro atoms. The molecule has 2 aromatic rings. The first kappa shape index (κ1) is 15.4.